The van der Waals surface area contributed by atoms with E-state index in [1.807, 2.05) is 0 Å². The average Bonchev–Trinajstić information content (AvgIpc) is 3.20. The molecule has 102 valence electrons. The molecule has 0 radical (unpaired) electrons. The molecule has 1 heterocycles. The first-order valence-electron chi connectivity index (χ1n) is 6.80. The normalized spacial score (nSPS) is 28.0. The molecule has 2 amide bonds. The molecular formula is C13H22N2O3. The Balaban J connectivity index is 2.05. The first kappa shape index (κ1) is 13.2. The summed E-state index contributed by atoms with van der Waals surface area (Å²) in [6.07, 6.45) is 4.60. The van der Waals surface area contributed by atoms with Gasteiger partial charge >= 0.3 is 12.0 Å². The molecule has 1 saturated carbocycles. The number of amides is 2. The van der Waals surface area contributed by atoms with Gasteiger partial charge in [0.2, 0.25) is 0 Å². The molecule has 0 aromatic carbocycles. The average molecular weight is 254 g/mol. The van der Waals surface area contributed by atoms with Crippen molar-refractivity contribution >= 4 is 12.0 Å². The van der Waals surface area contributed by atoms with Crippen LogP contribution in [0.4, 0.5) is 4.79 Å². The zero-order chi connectivity index (χ0) is 13.3. The van der Waals surface area contributed by atoms with Gasteiger partial charge in [-0.05, 0) is 31.6 Å². The van der Waals surface area contributed by atoms with E-state index in [1.165, 1.54) is 0 Å². The van der Waals surface area contributed by atoms with E-state index in [2.05, 4.69) is 6.92 Å². The molecule has 0 spiro atoms. The highest BCUT2D eigenvalue weighted by Crippen LogP contribution is 2.30. The van der Waals surface area contributed by atoms with E-state index < -0.39 is 12.0 Å². The summed E-state index contributed by atoms with van der Waals surface area (Å²) in [7, 11) is 1.78. The highest BCUT2D eigenvalue weighted by Gasteiger charge is 2.39. The summed E-state index contributed by atoms with van der Waals surface area (Å²) in [6, 6.07) is -0.423. The van der Waals surface area contributed by atoms with Gasteiger partial charge in [0.15, 0.2) is 0 Å². The minimum atomic E-state index is -0.870. The monoisotopic (exact) mass is 254 g/mol. The minimum absolute atomic E-state index is 0.112. The van der Waals surface area contributed by atoms with E-state index in [0.29, 0.717) is 24.9 Å². The summed E-state index contributed by atoms with van der Waals surface area (Å²) in [4.78, 5) is 26.9. The highest BCUT2D eigenvalue weighted by atomic mass is 16.4. The Hall–Kier alpha value is -1.26. The Bertz CT molecular complexity index is 341. The van der Waals surface area contributed by atoms with Crippen molar-refractivity contribution in [2.24, 2.45) is 5.92 Å². The number of carbonyl (C=O) groups excluding carboxylic acids is 1. The van der Waals surface area contributed by atoms with Crippen LogP contribution in [0.2, 0.25) is 0 Å². The van der Waals surface area contributed by atoms with E-state index in [9.17, 15) is 14.7 Å². The quantitative estimate of drug-likeness (QED) is 0.835. The standard InChI is InChI=1S/C13H22N2O3/c1-3-9-6-7-15(11(8-9)12(16)17)13(18)14(2)10-4-5-10/h9-11H,3-8H2,1-2H3,(H,16,17). The van der Waals surface area contributed by atoms with Crippen LogP contribution in [0.5, 0.6) is 0 Å². The van der Waals surface area contributed by atoms with Crippen molar-refractivity contribution in [3.8, 4) is 0 Å². The highest BCUT2D eigenvalue weighted by molar-refractivity contribution is 5.83. The number of aliphatic carboxylic acids is 1. The summed E-state index contributed by atoms with van der Waals surface area (Å²) in [5.41, 5.74) is 0. The molecule has 2 aliphatic rings. The Kier molecular flexibility index (Phi) is 3.78. The van der Waals surface area contributed by atoms with Crippen molar-refractivity contribution < 1.29 is 14.7 Å². The van der Waals surface area contributed by atoms with Crippen LogP contribution in [0.25, 0.3) is 0 Å². The molecule has 1 aliphatic heterocycles. The van der Waals surface area contributed by atoms with Crippen LogP contribution in [0.3, 0.4) is 0 Å². The van der Waals surface area contributed by atoms with Gasteiger partial charge in [-0.3, -0.25) is 0 Å². The lowest BCUT2D eigenvalue weighted by Crippen LogP contribution is -2.54. The Morgan fingerprint density at radius 3 is 2.50 bits per heavy atom. The maximum Gasteiger partial charge on any atom is 0.326 e. The van der Waals surface area contributed by atoms with Gasteiger partial charge in [0.05, 0.1) is 0 Å². The van der Waals surface area contributed by atoms with Crippen molar-refractivity contribution in [1.82, 2.24) is 9.80 Å². The van der Waals surface area contributed by atoms with Crippen molar-refractivity contribution in [2.45, 2.75) is 51.1 Å². The van der Waals surface area contributed by atoms with Gasteiger partial charge in [-0.1, -0.05) is 13.3 Å². The van der Waals surface area contributed by atoms with Crippen LogP contribution in [0.1, 0.15) is 39.0 Å². The van der Waals surface area contributed by atoms with Gasteiger partial charge < -0.3 is 14.9 Å². The second kappa shape index (κ2) is 5.16. The van der Waals surface area contributed by atoms with E-state index in [4.69, 9.17) is 0 Å². The van der Waals surface area contributed by atoms with Crippen molar-refractivity contribution in [1.29, 1.82) is 0 Å². The molecular weight excluding hydrogens is 232 g/mol. The van der Waals surface area contributed by atoms with E-state index in [-0.39, 0.29) is 6.03 Å². The lowest BCUT2D eigenvalue weighted by atomic mass is 9.89. The van der Waals surface area contributed by atoms with Gasteiger partial charge in [-0.25, -0.2) is 9.59 Å². The molecule has 1 N–H and O–H groups in total. The molecule has 2 rings (SSSR count). The lowest BCUT2D eigenvalue weighted by Gasteiger charge is -2.38. The molecule has 5 heteroatoms. The fraction of sp³-hybridized carbons (Fsp3) is 0.846. The number of rotatable bonds is 3. The van der Waals surface area contributed by atoms with E-state index >= 15 is 0 Å². The van der Waals surface area contributed by atoms with E-state index in [0.717, 1.165) is 25.7 Å². The third kappa shape index (κ3) is 2.60. The van der Waals surface area contributed by atoms with Crippen LogP contribution in [0.15, 0.2) is 0 Å². The molecule has 5 nitrogen and oxygen atoms in total. The molecule has 1 aliphatic carbocycles. The maximum absolute atomic E-state index is 12.3. The third-order valence-electron chi connectivity index (χ3n) is 4.22. The Labute approximate surface area is 108 Å². The zero-order valence-corrected chi connectivity index (χ0v) is 11.1. The summed E-state index contributed by atoms with van der Waals surface area (Å²) >= 11 is 0. The van der Waals surface area contributed by atoms with Crippen LogP contribution >= 0.6 is 0 Å². The van der Waals surface area contributed by atoms with Crippen molar-refractivity contribution in [3.05, 3.63) is 0 Å². The predicted octanol–water partition coefficient (Wildman–Crippen LogP) is 1.78. The van der Waals surface area contributed by atoms with Crippen LogP contribution < -0.4 is 0 Å². The fourth-order valence-electron chi connectivity index (χ4n) is 2.69. The fourth-order valence-corrected chi connectivity index (χ4v) is 2.69. The summed E-state index contributed by atoms with van der Waals surface area (Å²) in [6.45, 7) is 2.66. The number of hydrogen-bond acceptors (Lipinski definition) is 2. The number of nitrogens with zero attached hydrogens (tertiary/aromatic N) is 2. The smallest absolute Gasteiger partial charge is 0.326 e. The number of carboxylic acids is 1. The number of carbonyl (C=O) groups is 2. The van der Waals surface area contributed by atoms with Crippen molar-refractivity contribution in [3.63, 3.8) is 0 Å². The molecule has 18 heavy (non-hydrogen) atoms. The first-order valence-corrected chi connectivity index (χ1v) is 6.80. The molecule has 2 atom stereocenters. The second-order valence-electron chi connectivity index (χ2n) is 5.47. The van der Waals surface area contributed by atoms with Crippen LogP contribution in [-0.2, 0) is 4.79 Å². The Morgan fingerprint density at radius 1 is 1.33 bits per heavy atom. The number of likely N-dealkylation sites (tertiary alicyclic amines) is 1. The number of hydrogen-bond donors (Lipinski definition) is 1. The van der Waals surface area contributed by atoms with Gasteiger partial charge in [0.25, 0.3) is 0 Å². The summed E-state index contributed by atoms with van der Waals surface area (Å²) < 4.78 is 0. The number of piperidine rings is 1. The molecule has 2 unspecified atom stereocenters. The maximum atomic E-state index is 12.3. The predicted molar refractivity (Wildman–Crippen MR) is 67.3 cm³/mol. The largest absolute Gasteiger partial charge is 0.480 e. The van der Waals surface area contributed by atoms with Crippen LogP contribution in [0, 0.1) is 5.92 Å². The minimum Gasteiger partial charge on any atom is -0.480 e. The van der Waals surface area contributed by atoms with Crippen molar-refractivity contribution in [2.75, 3.05) is 13.6 Å². The van der Waals surface area contributed by atoms with Gasteiger partial charge in [0.1, 0.15) is 6.04 Å². The molecule has 2 fully saturated rings. The second-order valence-corrected chi connectivity index (χ2v) is 5.47. The molecule has 1 saturated heterocycles. The lowest BCUT2D eigenvalue weighted by molar-refractivity contribution is -0.144. The van der Waals surface area contributed by atoms with Crippen LogP contribution in [-0.4, -0.2) is 52.6 Å². The number of urea groups is 1. The topological polar surface area (TPSA) is 60.9 Å². The summed E-state index contributed by atoms with van der Waals surface area (Å²) in [5.74, 6) is -0.438. The van der Waals surface area contributed by atoms with Gasteiger partial charge in [-0.15, -0.1) is 0 Å². The molecule has 0 aromatic heterocycles. The third-order valence-corrected chi connectivity index (χ3v) is 4.22. The van der Waals surface area contributed by atoms with Gasteiger partial charge in [0, 0.05) is 19.6 Å². The first-order chi connectivity index (χ1) is 8.54. The SMILES string of the molecule is CCC1CCN(C(=O)N(C)C2CC2)C(C(=O)O)C1. The van der Waals surface area contributed by atoms with Gasteiger partial charge in [-0.2, -0.15) is 0 Å². The number of carboxylic acid groups (broad SMARTS) is 1. The zero-order valence-electron chi connectivity index (χ0n) is 11.1. The van der Waals surface area contributed by atoms with E-state index in [1.54, 1.807) is 16.8 Å². The Morgan fingerprint density at radius 2 is 2.00 bits per heavy atom. The molecule has 0 bridgehead atoms. The molecule has 0 aromatic rings. The summed E-state index contributed by atoms with van der Waals surface area (Å²) in [5, 5.41) is 9.29.